The Bertz CT molecular complexity index is 359. The predicted octanol–water partition coefficient (Wildman–Crippen LogP) is 4.39. The van der Waals surface area contributed by atoms with Gasteiger partial charge in [-0.1, -0.05) is 61.3 Å². The van der Waals surface area contributed by atoms with Gasteiger partial charge in [-0.2, -0.15) is 0 Å². The summed E-state index contributed by atoms with van der Waals surface area (Å²) < 4.78 is 0. The minimum atomic E-state index is 0.531. The molecule has 1 N–H and O–H groups in total. The van der Waals surface area contributed by atoms with E-state index >= 15 is 0 Å². The lowest BCUT2D eigenvalue weighted by atomic mass is 10.2. The van der Waals surface area contributed by atoms with E-state index in [-0.39, 0.29) is 0 Å². The van der Waals surface area contributed by atoms with Crippen molar-refractivity contribution < 1.29 is 0 Å². The van der Waals surface area contributed by atoms with Crippen molar-refractivity contribution in [2.45, 2.75) is 26.3 Å². The maximum atomic E-state index is 6.06. The number of hydrogen-bond acceptors (Lipinski definition) is 1. The summed E-state index contributed by atoms with van der Waals surface area (Å²) in [6.45, 7) is 5.25. The lowest BCUT2D eigenvalue weighted by Crippen LogP contribution is -2.23. The molecule has 0 aliphatic heterocycles. The largest absolute Gasteiger partial charge is 0.314 e. The first kappa shape index (κ1) is 13.6. The second-order valence-corrected chi connectivity index (χ2v) is 4.73. The van der Waals surface area contributed by atoms with E-state index in [0.29, 0.717) is 16.1 Å². The van der Waals surface area contributed by atoms with Gasteiger partial charge in [0, 0.05) is 6.04 Å². The molecule has 0 aromatic heterocycles. The highest BCUT2D eigenvalue weighted by Crippen LogP contribution is 2.26. The SMILES string of the molecule is CC(C)NCCC=Cc1cccc(Cl)c1Cl. The molecule has 0 heterocycles. The maximum absolute atomic E-state index is 6.06. The van der Waals surface area contributed by atoms with Crippen LogP contribution in [0.5, 0.6) is 0 Å². The summed E-state index contributed by atoms with van der Waals surface area (Å²) in [5.74, 6) is 0. The third-order valence-electron chi connectivity index (χ3n) is 2.14. The Labute approximate surface area is 107 Å². The van der Waals surface area contributed by atoms with E-state index in [1.54, 1.807) is 6.07 Å². The van der Waals surface area contributed by atoms with Crippen molar-refractivity contribution in [3.8, 4) is 0 Å². The minimum Gasteiger partial charge on any atom is -0.314 e. The second-order valence-electron chi connectivity index (χ2n) is 3.94. The first-order valence-corrected chi connectivity index (χ1v) is 6.21. The highest BCUT2D eigenvalue weighted by Gasteiger charge is 1.99. The summed E-state index contributed by atoms with van der Waals surface area (Å²) >= 11 is 12.0. The van der Waals surface area contributed by atoms with Crippen molar-refractivity contribution in [2.75, 3.05) is 6.54 Å². The summed E-state index contributed by atoms with van der Waals surface area (Å²) in [6, 6.07) is 6.19. The molecule has 0 atom stereocenters. The van der Waals surface area contributed by atoms with Gasteiger partial charge in [-0.15, -0.1) is 0 Å². The van der Waals surface area contributed by atoms with Crippen molar-refractivity contribution in [3.05, 3.63) is 39.9 Å². The first-order valence-electron chi connectivity index (χ1n) is 5.45. The highest BCUT2D eigenvalue weighted by molar-refractivity contribution is 6.42. The Balaban J connectivity index is 2.47. The van der Waals surface area contributed by atoms with Crippen LogP contribution in [0.2, 0.25) is 10.0 Å². The molecule has 0 radical (unpaired) electrons. The van der Waals surface area contributed by atoms with Crippen molar-refractivity contribution in [3.63, 3.8) is 0 Å². The molecule has 0 unspecified atom stereocenters. The van der Waals surface area contributed by atoms with Crippen LogP contribution in [0.15, 0.2) is 24.3 Å². The molecular weight excluding hydrogens is 241 g/mol. The molecule has 0 bridgehead atoms. The molecule has 16 heavy (non-hydrogen) atoms. The zero-order valence-corrected chi connectivity index (χ0v) is 11.1. The van der Waals surface area contributed by atoms with Crippen LogP contribution in [0.25, 0.3) is 6.08 Å². The molecule has 0 saturated carbocycles. The first-order chi connectivity index (χ1) is 7.61. The standard InChI is InChI=1S/C13H17Cl2N/c1-10(2)16-9-4-3-6-11-7-5-8-12(14)13(11)15/h3,5-8,10,16H,4,9H2,1-2H3. The van der Waals surface area contributed by atoms with Crippen LogP contribution in [-0.4, -0.2) is 12.6 Å². The molecule has 88 valence electrons. The number of halogens is 2. The number of benzene rings is 1. The molecular formula is C13H17Cl2N. The molecule has 1 aromatic rings. The van der Waals surface area contributed by atoms with Crippen LogP contribution in [0.3, 0.4) is 0 Å². The fraction of sp³-hybridized carbons (Fsp3) is 0.385. The van der Waals surface area contributed by atoms with Crippen LogP contribution < -0.4 is 5.32 Å². The molecule has 3 heteroatoms. The highest BCUT2D eigenvalue weighted by atomic mass is 35.5. The molecule has 0 saturated heterocycles. The van der Waals surface area contributed by atoms with Gasteiger partial charge in [-0.3, -0.25) is 0 Å². The average Bonchev–Trinajstić information content (AvgIpc) is 2.23. The van der Waals surface area contributed by atoms with E-state index in [4.69, 9.17) is 23.2 Å². The normalized spacial score (nSPS) is 11.6. The Kier molecular flexibility index (Phi) is 5.89. The summed E-state index contributed by atoms with van der Waals surface area (Å²) in [5.41, 5.74) is 0.971. The van der Waals surface area contributed by atoms with E-state index in [1.165, 1.54) is 0 Å². The quantitative estimate of drug-likeness (QED) is 0.772. The number of hydrogen-bond donors (Lipinski definition) is 1. The predicted molar refractivity (Wildman–Crippen MR) is 73.3 cm³/mol. The van der Waals surface area contributed by atoms with E-state index in [1.807, 2.05) is 18.2 Å². The van der Waals surface area contributed by atoms with Gasteiger partial charge in [0.1, 0.15) is 0 Å². The number of nitrogens with one attached hydrogen (secondary N) is 1. The van der Waals surface area contributed by atoms with Crippen LogP contribution in [0, 0.1) is 0 Å². The third kappa shape index (κ3) is 4.56. The molecule has 0 amide bonds. The smallest absolute Gasteiger partial charge is 0.0664 e. The van der Waals surface area contributed by atoms with Gasteiger partial charge in [0.15, 0.2) is 0 Å². The summed E-state index contributed by atoms with van der Waals surface area (Å²) in [6.07, 6.45) is 5.10. The Morgan fingerprint density at radius 3 is 2.75 bits per heavy atom. The van der Waals surface area contributed by atoms with Gasteiger partial charge in [0.25, 0.3) is 0 Å². The lowest BCUT2D eigenvalue weighted by molar-refractivity contribution is 0.595. The molecule has 0 spiro atoms. The van der Waals surface area contributed by atoms with Crippen LogP contribution >= 0.6 is 23.2 Å². The zero-order chi connectivity index (χ0) is 12.0. The minimum absolute atomic E-state index is 0.531. The van der Waals surface area contributed by atoms with Crippen molar-refractivity contribution in [2.24, 2.45) is 0 Å². The van der Waals surface area contributed by atoms with E-state index in [9.17, 15) is 0 Å². The monoisotopic (exact) mass is 257 g/mol. The van der Waals surface area contributed by atoms with Gasteiger partial charge >= 0.3 is 0 Å². The van der Waals surface area contributed by atoms with Gasteiger partial charge in [-0.25, -0.2) is 0 Å². The van der Waals surface area contributed by atoms with E-state index < -0.39 is 0 Å². The summed E-state index contributed by atoms with van der Waals surface area (Å²) in [5, 5.41) is 4.57. The van der Waals surface area contributed by atoms with E-state index in [0.717, 1.165) is 18.5 Å². The molecule has 0 aliphatic carbocycles. The molecule has 1 nitrogen and oxygen atoms in total. The lowest BCUT2D eigenvalue weighted by Gasteiger charge is -2.05. The maximum Gasteiger partial charge on any atom is 0.0664 e. The van der Waals surface area contributed by atoms with Crippen molar-refractivity contribution in [1.82, 2.24) is 5.32 Å². The van der Waals surface area contributed by atoms with E-state index in [2.05, 4.69) is 25.2 Å². The molecule has 0 aliphatic rings. The fourth-order valence-electron chi connectivity index (χ4n) is 1.31. The average molecular weight is 258 g/mol. The fourth-order valence-corrected chi connectivity index (χ4v) is 1.69. The molecule has 0 fully saturated rings. The number of rotatable bonds is 5. The Morgan fingerprint density at radius 2 is 2.06 bits per heavy atom. The molecule has 1 rings (SSSR count). The van der Waals surface area contributed by atoms with Crippen molar-refractivity contribution in [1.29, 1.82) is 0 Å². The van der Waals surface area contributed by atoms with Crippen LogP contribution in [-0.2, 0) is 0 Å². The van der Waals surface area contributed by atoms with Crippen LogP contribution in [0.1, 0.15) is 25.8 Å². The van der Waals surface area contributed by atoms with Crippen LogP contribution in [0.4, 0.5) is 0 Å². The topological polar surface area (TPSA) is 12.0 Å². The summed E-state index contributed by atoms with van der Waals surface area (Å²) in [7, 11) is 0. The van der Waals surface area contributed by atoms with Gasteiger partial charge in [0.05, 0.1) is 10.0 Å². The van der Waals surface area contributed by atoms with Gasteiger partial charge in [-0.05, 0) is 24.6 Å². The van der Waals surface area contributed by atoms with Gasteiger partial charge < -0.3 is 5.32 Å². The Morgan fingerprint density at radius 1 is 1.31 bits per heavy atom. The van der Waals surface area contributed by atoms with Crippen molar-refractivity contribution >= 4 is 29.3 Å². The van der Waals surface area contributed by atoms with Gasteiger partial charge in [0.2, 0.25) is 0 Å². The Hall–Kier alpha value is -0.500. The zero-order valence-electron chi connectivity index (χ0n) is 9.63. The molecule has 1 aromatic carbocycles. The third-order valence-corrected chi connectivity index (χ3v) is 2.98. The second kappa shape index (κ2) is 6.95. The summed E-state index contributed by atoms with van der Waals surface area (Å²) in [4.78, 5) is 0.